The maximum absolute atomic E-state index is 12.2. The highest BCUT2D eigenvalue weighted by atomic mass is 16.5. The number of carbonyl (C=O) groups is 2. The Balaban J connectivity index is 1.51. The summed E-state index contributed by atoms with van der Waals surface area (Å²) in [5.41, 5.74) is 1.66. The van der Waals surface area contributed by atoms with Gasteiger partial charge in [0.25, 0.3) is 5.91 Å². The first-order chi connectivity index (χ1) is 12.2. The van der Waals surface area contributed by atoms with E-state index in [9.17, 15) is 9.59 Å². The van der Waals surface area contributed by atoms with E-state index in [0.29, 0.717) is 25.1 Å². The number of amides is 2. The summed E-state index contributed by atoms with van der Waals surface area (Å²) < 4.78 is 5.14. The van der Waals surface area contributed by atoms with Crippen LogP contribution in [0.2, 0.25) is 0 Å². The van der Waals surface area contributed by atoms with Crippen LogP contribution in [-0.4, -0.2) is 47.9 Å². The molecule has 3 rings (SSSR count). The van der Waals surface area contributed by atoms with E-state index in [1.807, 2.05) is 24.3 Å². The summed E-state index contributed by atoms with van der Waals surface area (Å²) in [6.07, 6.45) is 4.26. The molecule has 2 aromatic rings. The summed E-state index contributed by atoms with van der Waals surface area (Å²) in [5.74, 6) is 0.701. The third-order valence-electron chi connectivity index (χ3n) is 4.30. The van der Waals surface area contributed by atoms with E-state index in [1.54, 1.807) is 30.3 Å². The van der Waals surface area contributed by atoms with Crippen LogP contribution in [0.25, 0.3) is 0 Å². The molecule has 0 bridgehead atoms. The van der Waals surface area contributed by atoms with Crippen molar-refractivity contribution < 1.29 is 14.3 Å². The molecular formula is C19H21N3O3. The van der Waals surface area contributed by atoms with Crippen molar-refractivity contribution in [2.45, 2.75) is 18.9 Å². The van der Waals surface area contributed by atoms with Gasteiger partial charge in [-0.2, -0.15) is 0 Å². The molecule has 25 heavy (non-hydrogen) atoms. The van der Waals surface area contributed by atoms with E-state index in [0.717, 1.165) is 17.7 Å². The van der Waals surface area contributed by atoms with Gasteiger partial charge in [0.2, 0.25) is 5.91 Å². The molecule has 1 aromatic carbocycles. The Kier molecular flexibility index (Phi) is 5.28. The number of pyridine rings is 1. The molecule has 0 aliphatic carbocycles. The van der Waals surface area contributed by atoms with Gasteiger partial charge in [-0.3, -0.25) is 14.6 Å². The second-order valence-electron chi connectivity index (χ2n) is 6.05. The zero-order valence-corrected chi connectivity index (χ0v) is 14.1. The van der Waals surface area contributed by atoms with Crippen molar-refractivity contribution in [1.82, 2.24) is 15.2 Å². The third kappa shape index (κ3) is 4.35. The number of hydrogen-bond donors (Lipinski definition) is 1. The Morgan fingerprint density at radius 1 is 1.32 bits per heavy atom. The van der Waals surface area contributed by atoms with Crippen LogP contribution in [0.5, 0.6) is 5.75 Å². The van der Waals surface area contributed by atoms with Crippen LogP contribution in [0.15, 0.2) is 48.8 Å². The maximum Gasteiger partial charge on any atom is 0.253 e. The second kappa shape index (κ2) is 7.79. The number of ether oxygens (including phenoxy) is 1. The molecule has 1 aromatic heterocycles. The number of benzene rings is 1. The van der Waals surface area contributed by atoms with Crippen molar-refractivity contribution in [2.24, 2.45) is 0 Å². The van der Waals surface area contributed by atoms with Gasteiger partial charge in [-0.25, -0.2) is 0 Å². The molecule has 0 saturated carbocycles. The molecule has 1 saturated heterocycles. The highest BCUT2D eigenvalue weighted by Gasteiger charge is 2.30. The number of nitrogens with one attached hydrogen (secondary N) is 1. The van der Waals surface area contributed by atoms with Crippen LogP contribution in [-0.2, 0) is 11.2 Å². The van der Waals surface area contributed by atoms with Crippen molar-refractivity contribution in [3.63, 3.8) is 0 Å². The highest BCUT2D eigenvalue weighted by Crippen LogP contribution is 2.15. The number of hydrogen-bond acceptors (Lipinski definition) is 4. The highest BCUT2D eigenvalue weighted by molar-refractivity contribution is 5.94. The molecule has 0 radical (unpaired) electrons. The van der Waals surface area contributed by atoms with Crippen LogP contribution in [0.1, 0.15) is 22.3 Å². The predicted molar refractivity (Wildman–Crippen MR) is 93.4 cm³/mol. The first kappa shape index (κ1) is 17.0. The van der Waals surface area contributed by atoms with E-state index < -0.39 is 0 Å². The van der Waals surface area contributed by atoms with Crippen molar-refractivity contribution in [1.29, 1.82) is 0 Å². The smallest absolute Gasteiger partial charge is 0.253 e. The van der Waals surface area contributed by atoms with E-state index in [-0.39, 0.29) is 17.9 Å². The fourth-order valence-electron chi connectivity index (χ4n) is 2.91. The van der Waals surface area contributed by atoms with Gasteiger partial charge in [0, 0.05) is 31.9 Å². The zero-order chi connectivity index (χ0) is 17.6. The molecule has 1 atom stereocenters. The summed E-state index contributed by atoms with van der Waals surface area (Å²) in [4.78, 5) is 30.1. The van der Waals surface area contributed by atoms with Gasteiger partial charge in [0.1, 0.15) is 5.75 Å². The monoisotopic (exact) mass is 339 g/mol. The van der Waals surface area contributed by atoms with Crippen LogP contribution in [0.4, 0.5) is 0 Å². The normalized spacial score (nSPS) is 16.8. The zero-order valence-electron chi connectivity index (χ0n) is 14.1. The molecule has 6 heteroatoms. The molecule has 0 spiro atoms. The van der Waals surface area contributed by atoms with Gasteiger partial charge in [0.15, 0.2) is 0 Å². The lowest BCUT2D eigenvalue weighted by Gasteiger charge is -2.17. The summed E-state index contributed by atoms with van der Waals surface area (Å²) in [5, 5.41) is 2.91. The lowest BCUT2D eigenvalue weighted by molar-refractivity contribution is -0.127. The molecule has 1 aliphatic heterocycles. The number of methoxy groups -OCH3 is 1. The van der Waals surface area contributed by atoms with Gasteiger partial charge < -0.3 is 15.0 Å². The Hall–Kier alpha value is -2.89. The lowest BCUT2D eigenvalue weighted by atomic mass is 10.1. The molecule has 1 unspecified atom stereocenters. The molecule has 1 aliphatic rings. The minimum absolute atomic E-state index is 0.0741. The van der Waals surface area contributed by atoms with Gasteiger partial charge in [0.05, 0.1) is 18.7 Å². The second-order valence-corrected chi connectivity index (χ2v) is 6.05. The number of rotatable bonds is 6. The Morgan fingerprint density at radius 2 is 2.12 bits per heavy atom. The number of likely N-dealkylation sites (tertiary alicyclic amines) is 1. The van der Waals surface area contributed by atoms with E-state index in [2.05, 4.69) is 10.3 Å². The standard InChI is InChI=1S/C19H21N3O3/c1-25-17-6-4-14(5-7-17)8-10-22-13-16(11-18(22)23)21-19(24)15-3-2-9-20-12-15/h2-7,9,12,16H,8,10-11,13H2,1H3,(H,21,24). The Bertz CT molecular complexity index is 731. The SMILES string of the molecule is COc1ccc(CCN2CC(NC(=O)c3cccnc3)CC2=O)cc1. The van der Waals surface area contributed by atoms with Gasteiger partial charge in [-0.1, -0.05) is 12.1 Å². The van der Waals surface area contributed by atoms with Gasteiger partial charge in [-0.05, 0) is 36.2 Å². The third-order valence-corrected chi connectivity index (χ3v) is 4.30. The number of nitrogens with zero attached hydrogens (tertiary/aromatic N) is 2. The number of carbonyl (C=O) groups excluding carboxylic acids is 2. The van der Waals surface area contributed by atoms with Crippen molar-refractivity contribution in [2.75, 3.05) is 20.2 Å². The van der Waals surface area contributed by atoms with Crippen molar-refractivity contribution in [3.05, 3.63) is 59.9 Å². The minimum Gasteiger partial charge on any atom is -0.497 e. The summed E-state index contributed by atoms with van der Waals surface area (Å²) >= 11 is 0. The average molecular weight is 339 g/mol. The first-order valence-corrected chi connectivity index (χ1v) is 8.27. The van der Waals surface area contributed by atoms with E-state index >= 15 is 0 Å². The average Bonchev–Trinajstić information content (AvgIpc) is 3.00. The quantitative estimate of drug-likeness (QED) is 0.869. The molecule has 2 heterocycles. The maximum atomic E-state index is 12.2. The molecule has 1 N–H and O–H groups in total. The lowest BCUT2D eigenvalue weighted by Crippen LogP contribution is -2.37. The molecule has 6 nitrogen and oxygen atoms in total. The Labute approximate surface area is 146 Å². The van der Waals surface area contributed by atoms with E-state index in [1.165, 1.54) is 6.20 Å². The number of aromatic nitrogens is 1. The molecule has 1 fully saturated rings. The summed E-state index contributed by atoms with van der Waals surface area (Å²) in [7, 11) is 1.64. The summed E-state index contributed by atoms with van der Waals surface area (Å²) in [6, 6.07) is 11.1. The molecular weight excluding hydrogens is 318 g/mol. The van der Waals surface area contributed by atoms with Crippen LogP contribution in [0.3, 0.4) is 0 Å². The predicted octanol–water partition coefficient (Wildman–Crippen LogP) is 1.66. The molecule has 130 valence electrons. The minimum atomic E-state index is -0.192. The van der Waals surface area contributed by atoms with E-state index in [4.69, 9.17) is 4.74 Å². The van der Waals surface area contributed by atoms with Gasteiger partial charge >= 0.3 is 0 Å². The Morgan fingerprint density at radius 3 is 2.80 bits per heavy atom. The van der Waals surface area contributed by atoms with Crippen molar-refractivity contribution >= 4 is 11.8 Å². The fourth-order valence-corrected chi connectivity index (χ4v) is 2.91. The largest absolute Gasteiger partial charge is 0.497 e. The van der Waals surface area contributed by atoms with Crippen LogP contribution >= 0.6 is 0 Å². The van der Waals surface area contributed by atoms with Crippen molar-refractivity contribution in [3.8, 4) is 5.75 Å². The fraction of sp³-hybridized carbons (Fsp3) is 0.316. The molecule has 2 amide bonds. The topological polar surface area (TPSA) is 71.5 Å². The first-order valence-electron chi connectivity index (χ1n) is 8.27. The van der Waals surface area contributed by atoms with Crippen LogP contribution in [0, 0.1) is 0 Å². The summed E-state index contributed by atoms with van der Waals surface area (Å²) in [6.45, 7) is 1.19. The van der Waals surface area contributed by atoms with Crippen LogP contribution < -0.4 is 10.1 Å². The van der Waals surface area contributed by atoms with Gasteiger partial charge in [-0.15, -0.1) is 0 Å².